The number of Topliss-reactive ketones (excluding diaryl/α,β-unsaturated/α-hetero) is 1. The number of para-hydroxylation sites is 2. The number of hydrogen-bond donors (Lipinski definition) is 2. The Morgan fingerprint density at radius 1 is 1.06 bits per heavy atom. The standard InChI is InChI=1S/C49H58N6O8S2/c1-8-10-11-12-13-17-35(53-47-52-34-16-14-15-18-41(34)63-47)45(57)55-27-32(23-38(55)39(56)26-49(25-31(49)9-2)46(58)54-65(59,60)48(6)21-22-48)62-42-24-36(44-51-37(28-64-44)29(3)4)50-43-30(5)40(61-7)20-19-33(42)43/h8-9,14-16,18-20,24,28-29,31-32,35,38H,1-2,10-13,17,21-23,25-27H2,3-7H3,(H,52,53)(H,54,58)/t31-,32-,35+,38+,49-/m1/s1. The number of oxazole rings is 1. The van der Waals surface area contributed by atoms with Gasteiger partial charge in [-0.25, -0.2) is 18.4 Å². The summed E-state index contributed by atoms with van der Waals surface area (Å²) in [7, 11) is -2.37. The van der Waals surface area contributed by atoms with Crippen LogP contribution in [0.2, 0.25) is 0 Å². The highest BCUT2D eigenvalue weighted by Gasteiger charge is 2.62. The molecule has 16 heteroatoms. The summed E-state index contributed by atoms with van der Waals surface area (Å²) in [6.07, 6.45) is 7.53. The Labute approximate surface area is 384 Å². The van der Waals surface area contributed by atoms with Crippen LogP contribution in [-0.4, -0.2) is 82.5 Å². The van der Waals surface area contributed by atoms with E-state index in [1.807, 2.05) is 54.8 Å². The van der Waals surface area contributed by atoms with Crippen LogP contribution in [0.1, 0.15) is 102 Å². The number of carbonyl (C=O) groups excluding carboxylic acids is 3. The van der Waals surface area contributed by atoms with Crippen LogP contribution in [0, 0.1) is 18.3 Å². The van der Waals surface area contributed by atoms with Gasteiger partial charge in [0, 0.05) is 35.2 Å². The SMILES string of the molecule is C=CCCCCC[C@H](Nc1nc2ccccc2o1)C(=O)N1C[C@H](Oc2cc(-c3nc(C(C)C)cs3)nc3c(C)c(OC)ccc23)C[C@H]1C(=O)C[C@]1(C(=O)NS(=O)(=O)C2(C)CC2)C[C@H]1C=C. The summed E-state index contributed by atoms with van der Waals surface area (Å²) in [4.78, 5) is 60.1. The van der Waals surface area contributed by atoms with E-state index in [0.717, 1.165) is 40.9 Å². The maximum Gasteiger partial charge on any atom is 0.296 e. The second-order valence-electron chi connectivity index (χ2n) is 18.3. The lowest BCUT2D eigenvalue weighted by atomic mass is 9.91. The number of sulfonamides is 1. The number of aromatic nitrogens is 3. The van der Waals surface area contributed by atoms with E-state index >= 15 is 4.79 Å². The normalized spacial score (nSPS) is 21.6. The van der Waals surface area contributed by atoms with E-state index in [9.17, 15) is 18.0 Å². The molecule has 14 nitrogen and oxygen atoms in total. The number of nitrogens with zero attached hydrogens (tertiary/aromatic N) is 4. The average molecular weight is 923 g/mol. The average Bonchev–Trinajstić information content (AvgIpc) is 3.94. The number of likely N-dealkylation sites (tertiary alicyclic amines) is 1. The Kier molecular flexibility index (Phi) is 13.0. The molecule has 5 atom stereocenters. The number of methoxy groups -OCH3 is 1. The minimum absolute atomic E-state index is 0.0529. The van der Waals surface area contributed by atoms with E-state index in [-0.39, 0.29) is 49.4 Å². The minimum Gasteiger partial charge on any atom is -0.496 e. The van der Waals surface area contributed by atoms with Gasteiger partial charge in [0.25, 0.3) is 6.01 Å². The van der Waals surface area contributed by atoms with Crippen molar-refractivity contribution in [3.63, 3.8) is 0 Å². The van der Waals surface area contributed by atoms with Gasteiger partial charge >= 0.3 is 0 Å². The molecule has 2 N–H and O–H groups in total. The predicted octanol–water partition coefficient (Wildman–Crippen LogP) is 9.06. The van der Waals surface area contributed by atoms with Gasteiger partial charge in [0.05, 0.1) is 41.1 Å². The number of fused-ring (bicyclic) bond motifs is 2. The number of thiazole rings is 1. The Bertz CT molecular complexity index is 2730. The topological polar surface area (TPSA) is 183 Å². The lowest BCUT2D eigenvalue weighted by Gasteiger charge is -2.29. The molecule has 0 radical (unpaired) electrons. The Morgan fingerprint density at radius 2 is 1.85 bits per heavy atom. The molecule has 1 aliphatic heterocycles. The van der Waals surface area contributed by atoms with E-state index < -0.39 is 50.2 Å². The van der Waals surface area contributed by atoms with E-state index in [1.165, 1.54) is 11.3 Å². The molecule has 2 amide bonds. The number of rotatable bonds is 21. The van der Waals surface area contributed by atoms with Crippen LogP contribution >= 0.6 is 11.3 Å². The highest BCUT2D eigenvalue weighted by atomic mass is 32.2. The number of ether oxygens (including phenoxy) is 2. The Hall–Kier alpha value is -5.61. The smallest absolute Gasteiger partial charge is 0.296 e. The van der Waals surface area contributed by atoms with Crippen LogP contribution in [-0.2, 0) is 24.4 Å². The second-order valence-corrected chi connectivity index (χ2v) is 21.4. The molecule has 3 aromatic heterocycles. The highest BCUT2D eigenvalue weighted by Crippen LogP contribution is 2.57. The van der Waals surface area contributed by atoms with E-state index in [0.29, 0.717) is 59.5 Å². The van der Waals surface area contributed by atoms with Crippen LogP contribution in [0.4, 0.5) is 6.01 Å². The summed E-state index contributed by atoms with van der Waals surface area (Å²) in [6, 6.07) is 11.3. The van der Waals surface area contributed by atoms with E-state index in [4.69, 9.17) is 23.9 Å². The van der Waals surface area contributed by atoms with Crippen molar-refractivity contribution < 1.29 is 36.7 Å². The van der Waals surface area contributed by atoms with Gasteiger partial charge in [-0.1, -0.05) is 51.0 Å². The van der Waals surface area contributed by atoms with Crippen LogP contribution in [0.3, 0.4) is 0 Å². The summed E-state index contributed by atoms with van der Waals surface area (Å²) >= 11 is 1.49. The molecular weight excluding hydrogens is 865 g/mol. The van der Waals surface area contributed by atoms with E-state index in [1.54, 1.807) is 31.1 Å². The molecule has 5 aromatic rings. The van der Waals surface area contributed by atoms with Gasteiger partial charge in [0.2, 0.25) is 21.8 Å². The Morgan fingerprint density at radius 3 is 2.52 bits per heavy atom. The molecule has 8 rings (SSSR count). The van der Waals surface area contributed by atoms with Crippen molar-refractivity contribution in [1.29, 1.82) is 0 Å². The van der Waals surface area contributed by atoms with Crippen molar-refractivity contribution in [2.45, 2.75) is 121 Å². The minimum atomic E-state index is -3.98. The van der Waals surface area contributed by atoms with Crippen molar-refractivity contribution in [2.75, 3.05) is 19.0 Å². The van der Waals surface area contributed by atoms with E-state index in [2.05, 4.69) is 42.0 Å². The van der Waals surface area contributed by atoms with Crippen LogP contribution in [0.15, 0.2) is 77.6 Å². The highest BCUT2D eigenvalue weighted by molar-refractivity contribution is 7.91. The van der Waals surface area contributed by atoms with Gasteiger partial charge in [0.15, 0.2) is 11.4 Å². The molecule has 2 aromatic carbocycles. The van der Waals surface area contributed by atoms with Crippen molar-refractivity contribution in [3.8, 4) is 22.2 Å². The number of unbranched alkanes of at least 4 members (excludes halogenated alkanes) is 3. The number of ketones is 1. The number of carbonyl (C=O) groups is 3. The summed E-state index contributed by atoms with van der Waals surface area (Å²) < 4.78 is 46.5. The zero-order valence-electron chi connectivity index (χ0n) is 37.7. The lowest BCUT2D eigenvalue weighted by Crippen LogP contribution is -2.49. The third-order valence-electron chi connectivity index (χ3n) is 13.4. The van der Waals surface area contributed by atoms with Gasteiger partial charge in [0.1, 0.15) is 39.9 Å². The third kappa shape index (κ3) is 9.29. The van der Waals surface area contributed by atoms with Gasteiger partial charge in [-0.2, -0.15) is 4.98 Å². The number of anilines is 1. The first-order valence-corrected chi connectivity index (χ1v) is 24.8. The first-order valence-electron chi connectivity index (χ1n) is 22.5. The fourth-order valence-electron chi connectivity index (χ4n) is 8.85. The van der Waals surface area contributed by atoms with Crippen molar-refractivity contribution >= 4 is 67.0 Å². The maximum absolute atomic E-state index is 15.1. The largest absolute Gasteiger partial charge is 0.496 e. The first kappa shape index (κ1) is 45.9. The maximum atomic E-state index is 15.1. The first-order chi connectivity index (χ1) is 31.1. The number of hydrogen-bond acceptors (Lipinski definition) is 13. The van der Waals surface area contributed by atoms with Gasteiger partial charge < -0.3 is 24.1 Å². The number of nitrogens with one attached hydrogen (secondary N) is 2. The van der Waals surface area contributed by atoms with Crippen LogP contribution in [0.25, 0.3) is 32.7 Å². The summed E-state index contributed by atoms with van der Waals surface area (Å²) in [6.45, 7) is 15.5. The van der Waals surface area contributed by atoms with Gasteiger partial charge in [-0.05, 0) is 88.5 Å². The molecule has 344 valence electrons. The molecule has 4 heterocycles. The summed E-state index contributed by atoms with van der Waals surface area (Å²) in [5, 5.41) is 6.74. The van der Waals surface area contributed by atoms with Crippen LogP contribution in [0.5, 0.6) is 11.5 Å². The lowest BCUT2D eigenvalue weighted by molar-refractivity contribution is -0.139. The van der Waals surface area contributed by atoms with Gasteiger partial charge in [-0.15, -0.1) is 24.5 Å². The molecule has 65 heavy (non-hydrogen) atoms. The summed E-state index contributed by atoms with van der Waals surface area (Å²) in [5.41, 5.74) is 2.93. The molecule has 2 aliphatic carbocycles. The number of benzene rings is 2. The molecule has 0 bridgehead atoms. The zero-order valence-corrected chi connectivity index (χ0v) is 39.4. The predicted molar refractivity (Wildman–Crippen MR) is 253 cm³/mol. The quantitative estimate of drug-likeness (QED) is 0.0527. The molecule has 0 unspecified atom stereocenters. The monoisotopic (exact) mass is 922 g/mol. The van der Waals surface area contributed by atoms with Gasteiger partial charge in [-0.3, -0.25) is 19.1 Å². The fourth-order valence-corrected chi connectivity index (χ4v) is 11.1. The number of allylic oxidation sites excluding steroid dienone is 2. The van der Waals surface area contributed by atoms with Crippen molar-refractivity contribution in [2.24, 2.45) is 11.3 Å². The number of aryl methyl sites for hydroxylation is 1. The second kappa shape index (κ2) is 18.3. The molecule has 1 saturated heterocycles. The summed E-state index contributed by atoms with van der Waals surface area (Å²) in [5.74, 6) is -0.452. The molecule has 3 aliphatic rings. The van der Waals surface area contributed by atoms with Crippen molar-refractivity contribution in [1.82, 2.24) is 24.6 Å². The Balaban J connectivity index is 1.14. The molecular formula is C49H58N6O8S2. The number of pyridine rings is 1. The molecule has 0 spiro atoms. The number of amides is 2. The van der Waals surface area contributed by atoms with Crippen LogP contribution < -0.4 is 19.5 Å². The third-order valence-corrected chi connectivity index (χ3v) is 16.4. The van der Waals surface area contributed by atoms with Crippen molar-refractivity contribution in [3.05, 3.63) is 84.4 Å². The molecule has 2 saturated carbocycles. The fraction of sp³-hybridized carbons (Fsp3) is 0.469. The molecule has 3 fully saturated rings. The zero-order chi connectivity index (χ0) is 46.3.